The van der Waals surface area contributed by atoms with E-state index in [1.54, 1.807) is 0 Å². The van der Waals surface area contributed by atoms with Crippen LogP contribution < -0.4 is 69.3 Å². The van der Waals surface area contributed by atoms with E-state index in [2.05, 4.69) is 20.8 Å². The maximum atomic E-state index is 14.0. The van der Waals surface area contributed by atoms with Gasteiger partial charge in [-0.3, -0.25) is 9.80 Å². The fourth-order valence-electron chi connectivity index (χ4n) is 12.1. The number of likely N-dealkylation sites (tertiary alicyclic amines) is 2. The average Bonchev–Trinajstić information content (AvgIpc) is 3.83. The van der Waals surface area contributed by atoms with Crippen molar-refractivity contribution in [2.75, 3.05) is 115 Å². The average molecular weight is 881 g/mol. The molecule has 0 amide bonds. The Hall–Kier alpha value is 0.600. The monoisotopic (exact) mass is 880 g/mol. The van der Waals surface area contributed by atoms with Gasteiger partial charge in [0.05, 0.1) is 55.4 Å². The summed E-state index contributed by atoms with van der Waals surface area (Å²) in [6, 6.07) is 0. The summed E-state index contributed by atoms with van der Waals surface area (Å²) < 4.78 is 56.2. The topological polar surface area (TPSA) is 215 Å². The molecule has 0 aromatic carbocycles. The molecule has 58 heavy (non-hydrogen) atoms. The van der Waals surface area contributed by atoms with Crippen molar-refractivity contribution in [2.24, 2.45) is 47.3 Å². The van der Waals surface area contributed by atoms with E-state index in [1.165, 1.54) is 30.4 Å². The summed E-state index contributed by atoms with van der Waals surface area (Å²) in [6.07, 6.45) is 7.10. The second kappa shape index (κ2) is 24.6. The van der Waals surface area contributed by atoms with Gasteiger partial charge in [-0.2, -0.15) is 0 Å². The number of hydrogen-bond acceptors (Lipinski definition) is 12. The number of aliphatic carboxylic acids is 2. The van der Waals surface area contributed by atoms with Gasteiger partial charge in [0.2, 0.25) is 0 Å². The number of carbonyl (C=O) groups is 2. The molecule has 0 aromatic rings. The summed E-state index contributed by atoms with van der Waals surface area (Å²) in [5.41, 5.74) is 0. The largest absolute Gasteiger partial charge is 1.00 e. The Morgan fingerprint density at radius 3 is 1.34 bits per heavy atom. The zero-order chi connectivity index (χ0) is 39.3. The van der Waals surface area contributed by atoms with Gasteiger partial charge in [0.1, 0.15) is 26.2 Å². The maximum absolute atomic E-state index is 14.0. The Morgan fingerprint density at radius 1 is 0.517 bits per heavy atom. The third-order valence-corrected chi connectivity index (χ3v) is 18.6. The number of hydrogen-bond donors (Lipinski definition) is 0. The standard InChI is InChI=1S/C40H72N4O8S2.2Na.2H2O/c1-5-9-33-19-41(23-39(45)46)21-35(33)12-18-54(51,52)30-38-28-44(15-13-43(14-16-44)25-31(7-3)32(8-4)26-43)27-36(38)11-10-34-20-42(24-40(47)48)22-37(34)29-53(49,50)17-6-2;;;;/h31-38H,5-30H2,1-4H3;;;2*1H2/q;2*+1;;/p-2. The van der Waals surface area contributed by atoms with E-state index in [9.17, 15) is 36.6 Å². The summed E-state index contributed by atoms with van der Waals surface area (Å²) in [5, 5.41) is 22.8. The molecule has 8 unspecified atom stereocenters. The number of nitrogens with zero attached hydrogens (tertiary/aromatic N) is 4. The molecule has 5 fully saturated rings. The van der Waals surface area contributed by atoms with Crippen LogP contribution in [0.2, 0.25) is 0 Å². The van der Waals surface area contributed by atoms with E-state index < -0.39 is 31.6 Å². The predicted octanol–water partition coefficient (Wildman–Crippen LogP) is -5.59. The van der Waals surface area contributed by atoms with E-state index in [0.29, 0.717) is 44.9 Å². The van der Waals surface area contributed by atoms with Crippen molar-refractivity contribution >= 4 is 31.6 Å². The van der Waals surface area contributed by atoms with Gasteiger partial charge in [0.15, 0.2) is 19.7 Å². The number of rotatable bonds is 20. The first-order chi connectivity index (χ1) is 25.5. The summed E-state index contributed by atoms with van der Waals surface area (Å²) in [6.45, 7) is 19.4. The van der Waals surface area contributed by atoms with Gasteiger partial charge in [0, 0.05) is 68.7 Å². The Labute approximate surface area is 394 Å². The first kappa shape index (κ1) is 56.6. The molecule has 0 aromatic heterocycles. The first-order valence-electron chi connectivity index (χ1n) is 21.5. The summed E-state index contributed by atoms with van der Waals surface area (Å²) in [7, 11) is -6.64. The predicted molar refractivity (Wildman–Crippen MR) is 211 cm³/mol. The normalized spacial score (nSPS) is 34.0. The Balaban J connectivity index is 0.00000420. The van der Waals surface area contributed by atoms with Gasteiger partial charge in [-0.15, -0.1) is 0 Å². The quantitative estimate of drug-likeness (QED) is 0.0828. The van der Waals surface area contributed by atoms with Crippen LogP contribution in [0.3, 0.4) is 0 Å². The second-order valence-electron chi connectivity index (χ2n) is 18.7. The minimum absolute atomic E-state index is 0. The zero-order valence-electron chi connectivity index (χ0n) is 36.8. The molecule has 18 heteroatoms. The Bertz CT molecular complexity index is 1490. The minimum atomic E-state index is -3.38. The van der Waals surface area contributed by atoms with Crippen LogP contribution >= 0.6 is 0 Å². The number of sulfone groups is 2. The number of piperazine rings is 1. The molecule has 0 aliphatic carbocycles. The smallest absolute Gasteiger partial charge is 0.870 e. The third-order valence-electron chi connectivity index (χ3n) is 14.8. The SMILES string of the molecule is CCCC1CN(CC(=O)[O-])CC1CCS(=O)(=O)CC1C[N+]2(CC[N+]3(CC2)CC(CC)C(CC)C3)CC1CCC1CN(CC(=O)[O-])CC1CS(=O)(=O)CCC.[Na+].[Na+].[OH-].[OH-]. The van der Waals surface area contributed by atoms with Crippen LogP contribution in [0.25, 0.3) is 0 Å². The second-order valence-corrected chi connectivity index (χ2v) is 23.2. The van der Waals surface area contributed by atoms with E-state index >= 15 is 0 Å². The molecule has 2 spiro atoms. The first-order valence-corrected chi connectivity index (χ1v) is 25.1. The van der Waals surface area contributed by atoms with Gasteiger partial charge >= 0.3 is 59.1 Å². The van der Waals surface area contributed by atoms with Gasteiger partial charge < -0.3 is 39.7 Å². The van der Waals surface area contributed by atoms with Crippen LogP contribution in [0.1, 0.15) is 79.1 Å². The molecule has 8 atom stereocenters. The summed E-state index contributed by atoms with van der Waals surface area (Å²) in [5.74, 6) is 0.397. The van der Waals surface area contributed by atoms with Crippen molar-refractivity contribution in [1.29, 1.82) is 0 Å². The molecule has 5 saturated heterocycles. The molecule has 0 radical (unpaired) electrons. The molecule has 0 bridgehead atoms. The molecule has 5 aliphatic rings. The Kier molecular flexibility index (Phi) is 24.0. The van der Waals surface area contributed by atoms with Crippen LogP contribution in [0.4, 0.5) is 0 Å². The summed E-state index contributed by atoms with van der Waals surface area (Å²) >= 11 is 0. The number of carbonyl (C=O) groups excluding carboxylic acids is 2. The number of quaternary nitrogens is 2. The number of carboxylic acids is 2. The third kappa shape index (κ3) is 15.4. The number of carboxylic acid groups (broad SMARTS) is 2. The van der Waals surface area contributed by atoms with Crippen LogP contribution in [0.15, 0.2) is 0 Å². The van der Waals surface area contributed by atoms with E-state index in [1.807, 2.05) is 16.7 Å². The van der Waals surface area contributed by atoms with Crippen LogP contribution in [-0.2, 0) is 29.3 Å². The maximum Gasteiger partial charge on any atom is 1.00 e. The molecule has 5 aliphatic heterocycles. The zero-order valence-corrected chi connectivity index (χ0v) is 42.4. The van der Waals surface area contributed by atoms with Crippen molar-refractivity contribution in [3.63, 3.8) is 0 Å². The van der Waals surface area contributed by atoms with Crippen LogP contribution in [0, 0.1) is 47.3 Å². The van der Waals surface area contributed by atoms with E-state index in [0.717, 1.165) is 81.3 Å². The van der Waals surface area contributed by atoms with Crippen LogP contribution in [-0.4, -0.2) is 173 Å². The van der Waals surface area contributed by atoms with Crippen LogP contribution in [0.5, 0.6) is 0 Å². The van der Waals surface area contributed by atoms with Gasteiger partial charge in [-0.25, -0.2) is 16.8 Å². The molecule has 328 valence electrons. The molecule has 2 N–H and O–H groups in total. The molecule has 0 saturated carbocycles. The molecule has 5 rings (SSSR count). The Morgan fingerprint density at radius 2 is 0.897 bits per heavy atom. The van der Waals surface area contributed by atoms with Crippen molar-refractivity contribution < 1.29 is 116 Å². The molecule has 14 nitrogen and oxygen atoms in total. The molecular weight excluding hydrogens is 807 g/mol. The minimum Gasteiger partial charge on any atom is -0.870 e. The molecule has 5 heterocycles. The summed E-state index contributed by atoms with van der Waals surface area (Å²) in [4.78, 5) is 26.6. The van der Waals surface area contributed by atoms with Crippen molar-refractivity contribution in [3.05, 3.63) is 0 Å². The van der Waals surface area contributed by atoms with Crippen molar-refractivity contribution in [3.8, 4) is 0 Å². The van der Waals surface area contributed by atoms with E-state index in [4.69, 9.17) is 0 Å². The van der Waals surface area contributed by atoms with Crippen molar-refractivity contribution in [2.45, 2.75) is 79.1 Å². The van der Waals surface area contributed by atoms with Gasteiger partial charge in [0.25, 0.3) is 0 Å². The van der Waals surface area contributed by atoms with Gasteiger partial charge in [-0.1, -0.05) is 34.1 Å². The fraction of sp³-hybridized carbons (Fsp3) is 0.950. The van der Waals surface area contributed by atoms with Crippen molar-refractivity contribution in [1.82, 2.24) is 9.80 Å². The van der Waals surface area contributed by atoms with E-state index in [-0.39, 0.29) is 136 Å². The van der Waals surface area contributed by atoms with Gasteiger partial charge in [-0.05, 0) is 68.6 Å². The fourth-order valence-corrected chi connectivity index (χ4v) is 15.8. The molecular formula is C40H74N4Na2O10S2.